The molecule has 0 spiro atoms. The number of carboxylic acid groups (broad SMARTS) is 1. The summed E-state index contributed by atoms with van der Waals surface area (Å²) in [5.41, 5.74) is 4.25. The van der Waals surface area contributed by atoms with Crippen molar-refractivity contribution >= 4 is 29.6 Å². The van der Waals surface area contributed by atoms with Gasteiger partial charge in [0.15, 0.2) is 0 Å². The van der Waals surface area contributed by atoms with Crippen LogP contribution in [0, 0.1) is 0 Å². The molecule has 0 aromatic heterocycles. The molecule has 238 valence electrons. The average Bonchev–Trinajstić information content (AvgIpc) is 3.71. The number of ether oxygens (including phenoxy) is 1. The molecule has 0 bridgehead atoms. The monoisotopic (exact) mass is 621 g/mol. The predicted molar refractivity (Wildman–Crippen MR) is 171 cm³/mol. The van der Waals surface area contributed by atoms with E-state index in [9.17, 15) is 24.3 Å². The van der Waals surface area contributed by atoms with Crippen molar-refractivity contribution in [2.75, 3.05) is 4.90 Å². The van der Waals surface area contributed by atoms with Gasteiger partial charge in [0.1, 0.15) is 24.2 Å². The lowest BCUT2D eigenvalue weighted by atomic mass is 9.93. The van der Waals surface area contributed by atoms with Gasteiger partial charge in [0.05, 0.1) is 11.7 Å². The van der Waals surface area contributed by atoms with Crippen LogP contribution in [0.25, 0.3) is 0 Å². The third-order valence-corrected chi connectivity index (χ3v) is 10.2. The first-order chi connectivity index (χ1) is 22.4. The minimum atomic E-state index is -1.07. The molecule has 1 saturated carbocycles. The van der Waals surface area contributed by atoms with E-state index in [1.807, 2.05) is 78.9 Å². The van der Waals surface area contributed by atoms with E-state index >= 15 is 0 Å². The first kappa shape index (κ1) is 30.0. The van der Waals surface area contributed by atoms with Gasteiger partial charge in [-0.2, -0.15) is 0 Å². The molecule has 3 aromatic carbocycles. The van der Waals surface area contributed by atoms with Gasteiger partial charge in [-0.15, -0.1) is 0 Å². The van der Waals surface area contributed by atoms with E-state index in [4.69, 9.17) is 4.74 Å². The second kappa shape index (κ2) is 12.6. The summed E-state index contributed by atoms with van der Waals surface area (Å²) in [5, 5.41) is 10.2. The molecule has 9 nitrogen and oxygen atoms in total. The highest BCUT2D eigenvalue weighted by atomic mass is 16.6. The van der Waals surface area contributed by atoms with Gasteiger partial charge in [-0.3, -0.25) is 14.5 Å². The Kier molecular flexibility index (Phi) is 8.23. The SMILES string of the molecule is O=C(O)C1Cc2ccccc2CN1C(=O)[C@H]1CC[C@@H](c2ccccc2)N1C(=O)[C@H]1Cc2ccccc2N1C(=O)OC1CCCCC1. The maximum absolute atomic E-state index is 14.9. The standard InChI is InChI=1S/C37H39N3O6/c41-34(38-23-27-15-8-7-13-25(27)21-33(38)36(43)44)31-20-19-30(24-11-3-1-4-12-24)39(31)35(42)32-22-26-14-9-10-18-29(26)40(32)37(45)46-28-16-5-2-6-17-28/h1,3-4,7-15,18,28,30-33H,2,5-6,16-17,19-23H2,(H,43,44)/t30-,31+,32+,33?/m0/s1. The number of aliphatic carboxylic acids is 1. The van der Waals surface area contributed by atoms with Gasteiger partial charge in [0, 0.05) is 19.4 Å². The molecule has 3 amide bonds. The first-order valence-corrected chi connectivity index (χ1v) is 16.5. The molecule has 0 radical (unpaired) electrons. The number of hydrogen-bond acceptors (Lipinski definition) is 5. The van der Waals surface area contributed by atoms with E-state index in [1.165, 1.54) is 9.80 Å². The number of fused-ring (bicyclic) bond motifs is 2. The van der Waals surface area contributed by atoms with E-state index in [2.05, 4.69) is 0 Å². The number of carbonyl (C=O) groups is 4. The smallest absolute Gasteiger partial charge is 0.415 e. The lowest BCUT2D eigenvalue weighted by Gasteiger charge is -2.40. The number of nitrogens with zero attached hydrogens (tertiary/aromatic N) is 3. The van der Waals surface area contributed by atoms with E-state index in [-0.39, 0.29) is 30.9 Å². The number of rotatable bonds is 5. The van der Waals surface area contributed by atoms with Crippen LogP contribution < -0.4 is 4.90 Å². The molecular weight excluding hydrogens is 582 g/mol. The summed E-state index contributed by atoms with van der Waals surface area (Å²) in [6, 6.07) is 21.5. The van der Waals surface area contributed by atoms with Gasteiger partial charge in [0.25, 0.3) is 0 Å². The molecule has 1 aliphatic carbocycles. The maximum Gasteiger partial charge on any atom is 0.415 e. The first-order valence-electron chi connectivity index (χ1n) is 16.5. The number of hydrogen-bond donors (Lipinski definition) is 1. The highest BCUT2D eigenvalue weighted by Crippen LogP contribution is 2.42. The van der Waals surface area contributed by atoms with Crippen LogP contribution in [-0.2, 0) is 38.5 Å². The van der Waals surface area contributed by atoms with Crippen LogP contribution >= 0.6 is 0 Å². The van der Waals surface area contributed by atoms with Crippen LogP contribution in [0.1, 0.15) is 73.2 Å². The molecule has 4 atom stereocenters. The fraction of sp³-hybridized carbons (Fsp3) is 0.405. The molecular formula is C37H39N3O6. The van der Waals surface area contributed by atoms with Crippen molar-refractivity contribution in [3.63, 3.8) is 0 Å². The molecule has 1 unspecified atom stereocenters. The average molecular weight is 622 g/mol. The maximum atomic E-state index is 14.9. The molecule has 4 aliphatic rings. The molecule has 7 rings (SSSR count). The van der Waals surface area contributed by atoms with Crippen LogP contribution in [0.5, 0.6) is 0 Å². The summed E-state index contributed by atoms with van der Waals surface area (Å²) < 4.78 is 6.01. The number of anilines is 1. The van der Waals surface area contributed by atoms with E-state index in [0.29, 0.717) is 24.9 Å². The number of para-hydroxylation sites is 1. The van der Waals surface area contributed by atoms with Crippen molar-refractivity contribution in [3.8, 4) is 0 Å². The van der Waals surface area contributed by atoms with Crippen LogP contribution in [0.2, 0.25) is 0 Å². The van der Waals surface area contributed by atoms with Crippen LogP contribution in [-0.4, -0.2) is 63.0 Å². The van der Waals surface area contributed by atoms with Gasteiger partial charge >= 0.3 is 12.1 Å². The van der Waals surface area contributed by atoms with Crippen molar-refractivity contribution in [2.45, 2.75) is 94.6 Å². The fourth-order valence-electron chi connectivity index (χ4n) is 7.89. The van der Waals surface area contributed by atoms with Gasteiger partial charge in [-0.25, -0.2) is 9.59 Å². The summed E-state index contributed by atoms with van der Waals surface area (Å²) in [5.74, 6) is -1.77. The Morgan fingerprint density at radius 2 is 1.30 bits per heavy atom. The third kappa shape index (κ3) is 5.52. The fourth-order valence-corrected chi connectivity index (χ4v) is 7.89. The normalized spacial score (nSPS) is 24.3. The highest BCUT2D eigenvalue weighted by molar-refractivity contribution is 6.02. The van der Waals surface area contributed by atoms with Crippen molar-refractivity contribution in [3.05, 3.63) is 101 Å². The summed E-state index contributed by atoms with van der Waals surface area (Å²) in [6.07, 6.45) is 5.48. The van der Waals surface area contributed by atoms with Crippen LogP contribution in [0.4, 0.5) is 10.5 Å². The van der Waals surface area contributed by atoms with Crippen LogP contribution in [0.15, 0.2) is 78.9 Å². The Morgan fingerprint density at radius 1 is 0.652 bits per heavy atom. The predicted octanol–water partition coefficient (Wildman–Crippen LogP) is 5.66. The van der Waals surface area contributed by atoms with Gasteiger partial charge in [-0.05, 0) is 66.8 Å². The Bertz CT molecular complexity index is 1640. The van der Waals surface area contributed by atoms with Gasteiger partial charge in [-0.1, -0.05) is 79.2 Å². The summed E-state index contributed by atoms with van der Waals surface area (Å²) in [7, 11) is 0. The third-order valence-electron chi connectivity index (χ3n) is 10.2. The molecule has 3 aliphatic heterocycles. The number of benzene rings is 3. The molecule has 3 aromatic rings. The van der Waals surface area contributed by atoms with Crippen molar-refractivity contribution < 1.29 is 29.0 Å². The minimum Gasteiger partial charge on any atom is -0.480 e. The second-order valence-electron chi connectivity index (χ2n) is 12.9. The highest BCUT2D eigenvalue weighted by Gasteiger charge is 2.50. The zero-order valence-corrected chi connectivity index (χ0v) is 25.8. The molecule has 1 N–H and O–H groups in total. The lowest BCUT2D eigenvalue weighted by molar-refractivity contribution is -0.155. The zero-order chi connectivity index (χ0) is 31.8. The molecule has 46 heavy (non-hydrogen) atoms. The van der Waals surface area contributed by atoms with Crippen molar-refractivity contribution in [2.24, 2.45) is 0 Å². The molecule has 1 saturated heterocycles. The summed E-state index contributed by atoms with van der Waals surface area (Å²) in [6.45, 7) is 0.162. The Morgan fingerprint density at radius 3 is 2.04 bits per heavy atom. The van der Waals surface area contributed by atoms with Gasteiger partial charge < -0.3 is 19.6 Å². The van der Waals surface area contributed by atoms with Crippen molar-refractivity contribution in [1.82, 2.24) is 9.80 Å². The summed E-state index contributed by atoms with van der Waals surface area (Å²) >= 11 is 0. The van der Waals surface area contributed by atoms with E-state index in [0.717, 1.165) is 54.4 Å². The number of amides is 3. The molecule has 9 heteroatoms. The Hall–Kier alpha value is -4.66. The Balaban J connectivity index is 1.23. The number of carboxylic acids is 1. The van der Waals surface area contributed by atoms with Crippen LogP contribution in [0.3, 0.4) is 0 Å². The van der Waals surface area contributed by atoms with Crippen molar-refractivity contribution in [1.29, 1.82) is 0 Å². The lowest BCUT2D eigenvalue weighted by Crippen LogP contribution is -2.58. The quantitative estimate of drug-likeness (QED) is 0.394. The summed E-state index contributed by atoms with van der Waals surface area (Å²) in [4.78, 5) is 60.3. The molecule has 2 fully saturated rings. The topological polar surface area (TPSA) is 107 Å². The second-order valence-corrected chi connectivity index (χ2v) is 12.9. The van der Waals surface area contributed by atoms with E-state index < -0.39 is 36.2 Å². The van der Waals surface area contributed by atoms with E-state index in [1.54, 1.807) is 4.90 Å². The number of likely N-dealkylation sites (tertiary alicyclic amines) is 1. The van der Waals surface area contributed by atoms with Gasteiger partial charge in [0.2, 0.25) is 11.8 Å². The minimum absolute atomic E-state index is 0.162. The largest absolute Gasteiger partial charge is 0.480 e. The Labute approximate surface area is 268 Å². The molecule has 3 heterocycles. The zero-order valence-electron chi connectivity index (χ0n) is 25.8. The number of carbonyl (C=O) groups excluding carboxylic acids is 3.